The van der Waals surface area contributed by atoms with Gasteiger partial charge in [0.2, 0.25) is 0 Å². The van der Waals surface area contributed by atoms with E-state index in [0.717, 1.165) is 12.4 Å². The van der Waals surface area contributed by atoms with E-state index >= 15 is 0 Å². The molecule has 2 N–H and O–H groups in total. The Morgan fingerprint density at radius 3 is 2.75 bits per heavy atom. The molecule has 0 aliphatic carbocycles. The molecule has 0 saturated carbocycles. The lowest BCUT2D eigenvalue weighted by molar-refractivity contribution is 0.253. The molecular weight excluding hydrogens is 314 g/mol. The number of benzene rings is 1. The van der Waals surface area contributed by atoms with Gasteiger partial charge in [0.15, 0.2) is 0 Å². The first-order chi connectivity index (χ1) is 11.5. The summed E-state index contributed by atoms with van der Waals surface area (Å²) in [6.45, 7) is 4.50. The van der Waals surface area contributed by atoms with Gasteiger partial charge >= 0.3 is 0 Å². The van der Waals surface area contributed by atoms with Crippen molar-refractivity contribution in [1.29, 1.82) is 0 Å². The van der Waals surface area contributed by atoms with Crippen molar-refractivity contribution in [2.45, 2.75) is 25.8 Å². The van der Waals surface area contributed by atoms with Gasteiger partial charge in [-0.2, -0.15) is 5.10 Å². The molecule has 0 radical (unpaired) electrons. The van der Waals surface area contributed by atoms with Crippen LogP contribution in [0.25, 0.3) is 0 Å². The largest absolute Gasteiger partial charge is 0.390 e. The first-order valence-electron chi connectivity index (χ1n) is 7.49. The molecule has 128 valence electrons. The van der Waals surface area contributed by atoms with Gasteiger partial charge in [-0.1, -0.05) is 19.9 Å². The molecule has 0 aliphatic heterocycles. The molecule has 0 spiro atoms. The molecule has 0 amide bonds. The van der Waals surface area contributed by atoms with Crippen LogP contribution >= 0.6 is 0 Å². The van der Waals surface area contributed by atoms with Crippen LogP contribution in [-0.4, -0.2) is 34.0 Å². The summed E-state index contributed by atoms with van der Waals surface area (Å²) in [6.07, 6.45) is 5.41. The van der Waals surface area contributed by atoms with Crippen LogP contribution in [0.2, 0.25) is 0 Å². The second kappa shape index (κ2) is 7.76. The number of rotatable bonds is 7. The van der Waals surface area contributed by atoms with Crippen molar-refractivity contribution >= 4 is 12.7 Å². The number of hydrogen-bond donors (Lipinski definition) is 1. The molecule has 2 rings (SSSR count). The second-order valence-corrected chi connectivity index (χ2v) is 5.78. The van der Waals surface area contributed by atoms with Gasteiger partial charge in [0.1, 0.15) is 30.6 Å². The van der Waals surface area contributed by atoms with Gasteiger partial charge in [-0.15, -0.1) is 0 Å². The molecule has 1 aromatic carbocycles. The maximum Gasteiger partial charge on any atom is 0.137 e. The van der Waals surface area contributed by atoms with E-state index < -0.39 is 17.0 Å². The smallest absolute Gasteiger partial charge is 0.137 e. The van der Waals surface area contributed by atoms with E-state index in [1.807, 2.05) is 13.8 Å². The molecule has 0 aliphatic rings. The zero-order chi connectivity index (χ0) is 17.6. The van der Waals surface area contributed by atoms with Crippen LogP contribution in [0.4, 0.5) is 8.78 Å². The zero-order valence-electron chi connectivity index (χ0n) is 13.6. The number of hydrogen-bond acceptors (Lipinski definition) is 3. The molecular formula is C16H20F2N6. The Hall–Kier alpha value is -2.64. The lowest BCUT2D eigenvalue weighted by Gasteiger charge is -2.37. The van der Waals surface area contributed by atoms with Crippen molar-refractivity contribution in [1.82, 2.24) is 14.8 Å². The first-order valence-corrected chi connectivity index (χ1v) is 7.49. The Balaban J connectivity index is 2.51. The Morgan fingerprint density at radius 2 is 2.17 bits per heavy atom. The van der Waals surface area contributed by atoms with Gasteiger partial charge in [-0.3, -0.25) is 9.67 Å². The standard InChI is InChI=1S/C16H20F2N6/c1-12(2)16(6-20-9-21-8-19,7-24-11-22-10-23-24)14-4-3-13(17)5-15(14)18/h3-5,8-12H,6-7H2,1-2H3,(H2,19,20,21). The maximum absolute atomic E-state index is 14.5. The molecule has 0 bridgehead atoms. The predicted octanol–water partition coefficient (Wildman–Crippen LogP) is 2.17. The van der Waals surface area contributed by atoms with Crippen LogP contribution in [0.1, 0.15) is 19.4 Å². The van der Waals surface area contributed by atoms with Crippen molar-refractivity contribution in [3.8, 4) is 0 Å². The van der Waals surface area contributed by atoms with Crippen molar-refractivity contribution in [3.05, 3.63) is 48.1 Å². The summed E-state index contributed by atoms with van der Waals surface area (Å²) < 4.78 is 29.5. The summed E-state index contributed by atoms with van der Waals surface area (Å²) in [5, 5.41) is 4.11. The van der Waals surface area contributed by atoms with Gasteiger partial charge in [0.25, 0.3) is 0 Å². The van der Waals surface area contributed by atoms with Gasteiger partial charge in [0, 0.05) is 11.5 Å². The van der Waals surface area contributed by atoms with E-state index in [-0.39, 0.29) is 12.5 Å². The quantitative estimate of drug-likeness (QED) is 0.622. The lowest BCUT2D eigenvalue weighted by Crippen LogP contribution is -2.41. The minimum atomic E-state index is -0.744. The van der Waals surface area contributed by atoms with E-state index in [0.29, 0.717) is 12.1 Å². The van der Waals surface area contributed by atoms with Crippen LogP contribution < -0.4 is 5.73 Å². The number of nitrogens with zero attached hydrogens (tertiary/aromatic N) is 5. The van der Waals surface area contributed by atoms with Gasteiger partial charge in [-0.05, 0) is 17.5 Å². The highest BCUT2D eigenvalue weighted by molar-refractivity contribution is 5.69. The average Bonchev–Trinajstić information content (AvgIpc) is 3.03. The molecule has 6 nitrogen and oxygen atoms in total. The minimum Gasteiger partial charge on any atom is -0.390 e. The number of halogens is 2. The van der Waals surface area contributed by atoms with Crippen molar-refractivity contribution < 1.29 is 8.78 Å². The second-order valence-electron chi connectivity index (χ2n) is 5.78. The SMILES string of the molecule is CC(C)C(CN=CN=CN)(Cn1cncn1)c1ccc(F)cc1F. The molecule has 0 fully saturated rings. The van der Waals surface area contributed by atoms with Crippen LogP contribution in [0.3, 0.4) is 0 Å². The van der Waals surface area contributed by atoms with E-state index in [1.165, 1.54) is 24.8 Å². The van der Waals surface area contributed by atoms with Gasteiger partial charge < -0.3 is 5.73 Å². The average molecular weight is 334 g/mol. The Morgan fingerprint density at radius 1 is 1.38 bits per heavy atom. The van der Waals surface area contributed by atoms with Crippen LogP contribution in [0, 0.1) is 17.6 Å². The normalized spacial score (nSPS) is 14.7. The van der Waals surface area contributed by atoms with Gasteiger partial charge in [-0.25, -0.2) is 18.8 Å². The molecule has 1 atom stereocenters. The van der Waals surface area contributed by atoms with Crippen molar-refractivity contribution in [2.75, 3.05) is 6.54 Å². The third kappa shape index (κ3) is 3.81. The van der Waals surface area contributed by atoms with Gasteiger partial charge in [0.05, 0.1) is 19.4 Å². The molecule has 0 saturated heterocycles. The molecule has 1 unspecified atom stereocenters. The fourth-order valence-corrected chi connectivity index (χ4v) is 2.68. The molecule has 8 heteroatoms. The van der Waals surface area contributed by atoms with E-state index in [1.54, 1.807) is 11.0 Å². The summed E-state index contributed by atoms with van der Waals surface area (Å²) in [5.41, 5.74) is 4.83. The van der Waals surface area contributed by atoms with Crippen LogP contribution in [-0.2, 0) is 12.0 Å². The first kappa shape index (κ1) is 17.7. The molecule has 1 aromatic heterocycles. The Bertz CT molecular complexity index is 711. The van der Waals surface area contributed by atoms with Crippen molar-refractivity contribution in [2.24, 2.45) is 21.6 Å². The third-order valence-electron chi connectivity index (χ3n) is 4.09. The summed E-state index contributed by atoms with van der Waals surface area (Å²) >= 11 is 0. The van der Waals surface area contributed by atoms with Crippen LogP contribution in [0.15, 0.2) is 40.8 Å². The summed E-state index contributed by atoms with van der Waals surface area (Å²) in [4.78, 5) is 11.9. The van der Waals surface area contributed by atoms with E-state index in [4.69, 9.17) is 5.73 Å². The topological polar surface area (TPSA) is 81.5 Å². The van der Waals surface area contributed by atoms with E-state index in [2.05, 4.69) is 20.1 Å². The molecule has 2 aromatic rings. The zero-order valence-corrected chi connectivity index (χ0v) is 13.6. The highest BCUT2D eigenvalue weighted by atomic mass is 19.1. The maximum atomic E-state index is 14.5. The van der Waals surface area contributed by atoms with Crippen LogP contribution in [0.5, 0.6) is 0 Å². The minimum absolute atomic E-state index is 0.0133. The fourth-order valence-electron chi connectivity index (χ4n) is 2.68. The highest BCUT2D eigenvalue weighted by Crippen LogP contribution is 2.36. The summed E-state index contributed by atoms with van der Waals surface area (Å²) in [7, 11) is 0. The molecule has 24 heavy (non-hydrogen) atoms. The molecule has 1 heterocycles. The monoisotopic (exact) mass is 334 g/mol. The predicted molar refractivity (Wildman–Crippen MR) is 88.9 cm³/mol. The Kier molecular flexibility index (Phi) is 5.73. The number of aromatic nitrogens is 3. The summed E-state index contributed by atoms with van der Waals surface area (Å²) in [5.74, 6) is -1.24. The lowest BCUT2D eigenvalue weighted by atomic mass is 9.71. The van der Waals surface area contributed by atoms with Crippen molar-refractivity contribution in [3.63, 3.8) is 0 Å². The summed E-state index contributed by atoms with van der Waals surface area (Å²) in [6, 6.07) is 3.59. The highest BCUT2D eigenvalue weighted by Gasteiger charge is 2.38. The van der Waals surface area contributed by atoms with E-state index in [9.17, 15) is 8.78 Å². The third-order valence-corrected chi connectivity index (χ3v) is 4.09. The fraction of sp³-hybridized carbons (Fsp3) is 0.375. The Labute approximate surface area is 139 Å². The number of aliphatic imine (C=N–C) groups is 2. The number of nitrogens with two attached hydrogens (primary N) is 1.